The van der Waals surface area contributed by atoms with E-state index in [4.69, 9.17) is 11.6 Å². The fraction of sp³-hybridized carbons (Fsp3) is 0.211. The second kappa shape index (κ2) is 6.01. The van der Waals surface area contributed by atoms with Crippen LogP contribution in [0.15, 0.2) is 42.5 Å². The molecule has 4 rings (SSSR count). The van der Waals surface area contributed by atoms with E-state index < -0.39 is 11.8 Å². The summed E-state index contributed by atoms with van der Waals surface area (Å²) in [6, 6.07) is 12.6. The number of hydrogen-bond donors (Lipinski definition) is 0. The average Bonchev–Trinajstić information content (AvgIpc) is 2.85. The molecule has 0 N–H and O–H groups in total. The fourth-order valence-corrected chi connectivity index (χ4v) is 3.52. The van der Waals surface area contributed by atoms with Crippen LogP contribution in [0.1, 0.15) is 31.8 Å². The first kappa shape index (κ1) is 15.8. The minimum Gasteiger partial charge on any atom is -0.336 e. The van der Waals surface area contributed by atoms with Crippen molar-refractivity contribution < 1.29 is 14.4 Å². The number of carbonyl (C=O) groups excluding carboxylic acids is 3. The van der Waals surface area contributed by atoms with Gasteiger partial charge in [0, 0.05) is 18.1 Å². The van der Waals surface area contributed by atoms with Crippen LogP contribution in [0, 0.1) is 0 Å². The molecule has 0 saturated heterocycles. The van der Waals surface area contributed by atoms with Gasteiger partial charge in [0.1, 0.15) is 6.54 Å². The van der Waals surface area contributed by atoms with Crippen LogP contribution in [-0.2, 0) is 17.8 Å². The van der Waals surface area contributed by atoms with Gasteiger partial charge in [0.2, 0.25) is 5.91 Å². The van der Waals surface area contributed by atoms with E-state index in [9.17, 15) is 14.4 Å². The standard InChI is InChI=1S/C19H15ClN2O3/c20-14-5-6-15-16(9-14)19(25)22(18(15)24)11-17(23)21-8-7-12-3-1-2-4-13(12)10-21/h1-6,9H,7-8,10-11H2. The van der Waals surface area contributed by atoms with Crippen molar-refractivity contribution in [2.45, 2.75) is 13.0 Å². The molecule has 0 atom stereocenters. The van der Waals surface area contributed by atoms with Crippen molar-refractivity contribution in [1.82, 2.24) is 9.80 Å². The third kappa shape index (κ3) is 2.70. The first-order valence-corrected chi connectivity index (χ1v) is 8.42. The first-order chi connectivity index (χ1) is 12.0. The monoisotopic (exact) mass is 354 g/mol. The highest BCUT2D eigenvalue weighted by Gasteiger charge is 2.37. The Kier molecular flexibility index (Phi) is 3.81. The molecule has 0 saturated carbocycles. The van der Waals surface area contributed by atoms with Gasteiger partial charge in [0.25, 0.3) is 11.8 Å². The molecule has 5 nitrogen and oxygen atoms in total. The molecule has 0 fully saturated rings. The minimum atomic E-state index is -0.465. The summed E-state index contributed by atoms with van der Waals surface area (Å²) in [6.07, 6.45) is 0.777. The van der Waals surface area contributed by atoms with Gasteiger partial charge in [-0.25, -0.2) is 0 Å². The topological polar surface area (TPSA) is 57.7 Å². The number of carbonyl (C=O) groups is 3. The van der Waals surface area contributed by atoms with E-state index in [2.05, 4.69) is 6.07 Å². The Labute approximate surface area is 149 Å². The van der Waals surface area contributed by atoms with Crippen LogP contribution in [0.2, 0.25) is 5.02 Å². The zero-order valence-corrected chi connectivity index (χ0v) is 14.1. The Morgan fingerprint density at radius 3 is 2.52 bits per heavy atom. The number of rotatable bonds is 2. The van der Waals surface area contributed by atoms with E-state index in [1.165, 1.54) is 17.7 Å². The maximum absolute atomic E-state index is 12.6. The van der Waals surface area contributed by atoms with Gasteiger partial charge in [-0.1, -0.05) is 35.9 Å². The van der Waals surface area contributed by atoms with Crippen molar-refractivity contribution in [3.8, 4) is 0 Å². The normalized spacial score (nSPS) is 16.0. The smallest absolute Gasteiger partial charge is 0.262 e. The van der Waals surface area contributed by atoms with Crippen LogP contribution in [0.5, 0.6) is 0 Å². The maximum Gasteiger partial charge on any atom is 0.262 e. The van der Waals surface area contributed by atoms with Gasteiger partial charge in [0.05, 0.1) is 11.1 Å². The average molecular weight is 355 g/mol. The van der Waals surface area contributed by atoms with Crippen LogP contribution < -0.4 is 0 Å². The summed E-state index contributed by atoms with van der Waals surface area (Å²) in [6.45, 7) is 0.848. The molecule has 2 aliphatic rings. The molecular weight excluding hydrogens is 340 g/mol. The lowest BCUT2D eigenvalue weighted by atomic mass is 10.00. The second-order valence-corrected chi connectivity index (χ2v) is 6.66. The molecule has 6 heteroatoms. The summed E-state index contributed by atoms with van der Waals surface area (Å²) in [5.74, 6) is -1.13. The van der Waals surface area contributed by atoms with Crippen LogP contribution >= 0.6 is 11.6 Å². The first-order valence-electron chi connectivity index (χ1n) is 8.05. The number of halogens is 1. The van der Waals surface area contributed by atoms with Gasteiger partial charge >= 0.3 is 0 Å². The van der Waals surface area contributed by atoms with Crippen LogP contribution in [-0.4, -0.2) is 40.6 Å². The van der Waals surface area contributed by atoms with Crippen molar-refractivity contribution >= 4 is 29.3 Å². The number of nitrogens with zero attached hydrogens (tertiary/aromatic N) is 2. The number of fused-ring (bicyclic) bond motifs is 2. The predicted molar refractivity (Wildman–Crippen MR) is 92.4 cm³/mol. The molecule has 2 aromatic carbocycles. The lowest BCUT2D eigenvalue weighted by molar-refractivity contribution is -0.132. The van der Waals surface area contributed by atoms with Gasteiger partial charge in [-0.3, -0.25) is 19.3 Å². The van der Waals surface area contributed by atoms with Crippen molar-refractivity contribution in [2.24, 2.45) is 0 Å². The predicted octanol–water partition coefficient (Wildman–Crippen LogP) is 2.52. The van der Waals surface area contributed by atoms with Gasteiger partial charge in [-0.05, 0) is 35.7 Å². The quantitative estimate of drug-likeness (QED) is 0.779. The second-order valence-electron chi connectivity index (χ2n) is 6.22. The summed E-state index contributed by atoms with van der Waals surface area (Å²) in [5, 5.41) is 0.390. The zero-order valence-electron chi connectivity index (χ0n) is 13.4. The highest BCUT2D eigenvalue weighted by molar-refractivity contribution is 6.32. The van der Waals surface area contributed by atoms with Crippen molar-refractivity contribution in [3.05, 3.63) is 69.7 Å². The Morgan fingerprint density at radius 1 is 1.00 bits per heavy atom. The molecule has 0 aliphatic carbocycles. The molecule has 2 heterocycles. The van der Waals surface area contributed by atoms with E-state index in [0.717, 1.165) is 16.9 Å². The van der Waals surface area contributed by atoms with Gasteiger partial charge in [0.15, 0.2) is 0 Å². The molecule has 3 amide bonds. The maximum atomic E-state index is 12.6. The van der Waals surface area contributed by atoms with Crippen LogP contribution in [0.3, 0.4) is 0 Å². The molecule has 2 aromatic rings. The largest absolute Gasteiger partial charge is 0.336 e. The molecule has 0 radical (unpaired) electrons. The third-order valence-electron chi connectivity index (χ3n) is 4.71. The molecule has 0 bridgehead atoms. The highest BCUT2D eigenvalue weighted by Crippen LogP contribution is 2.26. The molecule has 0 unspecified atom stereocenters. The Balaban J connectivity index is 1.51. The molecule has 2 aliphatic heterocycles. The zero-order chi connectivity index (χ0) is 17.6. The third-order valence-corrected chi connectivity index (χ3v) is 4.94. The van der Waals surface area contributed by atoms with Crippen LogP contribution in [0.4, 0.5) is 0 Å². The van der Waals surface area contributed by atoms with E-state index in [1.54, 1.807) is 11.0 Å². The van der Waals surface area contributed by atoms with Crippen molar-refractivity contribution in [1.29, 1.82) is 0 Å². The van der Waals surface area contributed by atoms with E-state index in [0.29, 0.717) is 23.7 Å². The molecule has 0 aromatic heterocycles. The van der Waals surface area contributed by atoms with Gasteiger partial charge in [-0.2, -0.15) is 0 Å². The lowest BCUT2D eigenvalue weighted by Crippen LogP contribution is -2.44. The van der Waals surface area contributed by atoms with E-state index in [-0.39, 0.29) is 18.0 Å². The fourth-order valence-electron chi connectivity index (χ4n) is 3.35. The van der Waals surface area contributed by atoms with Crippen LogP contribution in [0.25, 0.3) is 0 Å². The van der Waals surface area contributed by atoms with E-state index >= 15 is 0 Å². The Morgan fingerprint density at radius 2 is 1.72 bits per heavy atom. The summed E-state index contributed by atoms with van der Waals surface area (Å²) in [7, 11) is 0. The number of hydrogen-bond acceptors (Lipinski definition) is 3. The molecule has 126 valence electrons. The number of benzene rings is 2. The highest BCUT2D eigenvalue weighted by atomic mass is 35.5. The molecular formula is C19H15ClN2O3. The van der Waals surface area contributed by atoms with Crippen molar-refractivity contribution in [3.63, 3.8) is 0 Å². The number of amides is 3. The molecule has 25 heavy (non-hydrogen) atoms. The summed E-state index contributed by atoms with van der Waals surface area (Å²) >= 11 is 5.90. The Hall–Kier alpha value is -2.66. The molecule has 0 spiro atoms. The van der Waals surface area contributed by atoms with E-state index in [1.807, 2.05) is 18.2 Å². The minimum absolute atomic E-state index is 0.227. The lowest BCUT2D eigenvalue weighted by Gasteiger charge is -2.30. The Bertz CT molecular complexity index is 909. The van der Waals surface area contributed by atoms with Gasteiger partial charge in [-0.15, -0.1) is 0 Å². The van der Waals surface area contributed by atoms with Crippen molar-refractivity contribution in [2.75, 3.05) is 13.1 Å². The van der Waals surface area contributed by atoms with Gasteiger partial charge < -0.3 is 4.90 Å². The summed E-state index contributed by atoms with van der Waals surface area (Å²) in [5.41, 5.74) is 2.90. The number of imide groups is 1. The summed E-state index contributed by atoms with van der Waals surface area (Å²) in [4.78, 5) is 40.2. The SMILES string of the molecule is O=C(CN1C(=O)c2ccc(Cl)cc2C1=O)N1CCc2ccccc2C1. The summed E-state index contributed by atoms with van der Waals surface area (Å²) < 4.78 is 0.